The molecule has 3 heteroatoms. The second-order valence-corrected chi connectivity index (χ2v) is 3.77. The highest BCUT2D eigenvalue weighted by Gasteiger charge is 2.29. The Balaban J connectivity index is 2.42. The van der Waals surface area contributed by atoms with Gasteiger partial charge in [0.05, 0.1) is 5.92 Å². The van der Waals surface area contributed by atoms with Gasteiger partial charge in [-0.15, -0.1) is 6.58 Å². The summed E-state index contributed by atoms with van der Waals surface area (Å²) in [5.41, 5.74) is 0. The van der Waals surface area contributed by atoms with Crippen molar-refractivity contribution in [1.29, 1.82) is 0 Å². The van der Waals surface area contributed by atoms with Crippen molar-refractivity contribution < 1.29 is 4.79 Å². The van der Waals surface area contributed by atoms with Crippen LogP contribution in [0, 0.1) is 11.8 Å². The van der Waals surface area contributed by atoms with Gasteiger partial charge >= 0.3 is 0 Å². The summed E-state index contributed by atoms with van der Waals surface area (Å²) < 4.78 is 0. The molecule has 1 aliphatic rings. The van der Waals surface area contributed by atoms with Crippen LogP contribution in [0.25, 0.3) is 0 Å². The van der Waals surface area contributed by atoms with Crippen LogP contribution in [0.15, 0.2) is 12.7 Å². The van der Waals surface area contributed by atoms with Crippen LogP contribution in [0.5, 0.6) is 0 Å². The summed E-state index contributed by atoms with van der Waals surface area (Å²) in [6.07, 6.45) is 1.74. The minimum Gasteiger partial charge on any atom is -0.350 e. The van der Waals surface area contributed by atoms with E-state index < -0.39 is 0 Å². The van der Waals surface area contributed by atoms with E-state index in [1.54, 1.807) is 6.08 Å². The summed E-state index contributed by atoms with van der Waals surface area (Å²) in [4.78, 5) is 11.6. The molecule has 1 heterocycles. The number of carbonyl (C=O) groups is 1. The van der Waals surface area contributed by atoms with Crippen molar-refractivity contribution in [2.45, 2.75) is 19.9 Å². The monoisotopic (exact) mass is 182 g/mol. The van der Waals surface area contributed by atoms with Crippen LogP contribution in [-0.4, -0.2) is 25.0 Å². The summed E-state index contributed by atoms with van der Waals surface area (Å²) in [6.45, 7) is 9.40. The van der Waals surface area contributed by atoms with Crippen molar-refractivity contribution in [3.05, 3.63) is 12.7 Å². The van der Waals surface area contributed by atoms with E-state index in [0.29, 0.717) is 5.92 Å². The van der Waals surface area contributed by atoms with E-state index in [9.17, 15) is 4.79 Å². The van der Waals surface area contributed by atoms with Crippen molar-refractivity contribution in [2.24, 2.45) is 11.8 Å². The smallest absolute Gasteiger partial charge is 0.225 e. The van der Waals surface area contributed by atoms with Crippen molar-refractivity contribution in [1.82, 2.24) is 10.6 Å². The first-order valence-electron chi connectivity index (χ1n) is 4.78. The highest BCUT2D eigenvalue weighted by Crippen LogP contribution is 2.15. The Morgan fingerprint density at radius 2 is 2.38 bits per heavy atom. The van der Waals surface area contributed by atoms with E-state index in [0.717, 1.165) is 13.1 Å². The van der Waals surface area contributed by atoms with Crippen molar-refractivity contribution >= 4 is 5.91 Å². The van der Waals surface area contributed by atoms with Gasteiger partial charge < -0.3 is 10.6 Å². The Hall–Kier alpha value is -0.830. The van der Waals surface area contributed by atoms with Gasteiger partial charge in [0, 0.05) is 12.6 Å². The lowest BCUT2D eigenvalue weighted by Crippen LogP contribution is -2.38. The largest absolute Gasteiger partial charge is 0.350 e. The van der Waals surface area contributed by atoms with Gasteiger partial charge in [-0.1, -0.05) is 13.0 Å². The van der Waals surface area contributed by atoms with Crippen LogP contribution in [-0.2, 0) is 4.79 Å². The van der Waals surface area contributed by atoms with E-state index in [1.165, 1.54) is 0 Å². The number of hydrogen-bond acceptors (Lipinski definition) is 2. The average molecular weight is 182 g/mol. The Morgan fingerprint density at radius 3 is 2.85 bits per heavy atom. The maximum absolute atomic E-state index is 11.6. The summed E-state index contributed by atoms with van der Waals surface area (Å²) in [5.74, 6) is 0.712. The highest BCUT2D eigenvalue weighted by atomic mass is 16.2. The van der Waals surface area contributed by atoms with Crippen molar-refractivity contribution in [3.63, 3.8) is 0 Å². The number of nitrogens with one attached hydrogen (secondary N) is 2. The molecule has 1 fully saturated rings. The molecule has 0 aromatic rings. The number of amides is 1. The SMILES string of the molecule is C=CC(C)NC(=O)[C@@H]1CNC[C@H]1C. The second-order valence-electron chi connectivity index (χ2n) is 3.77. The van der Waals surface area contributed by atoms with E-state index in [4.69, 9.17) is 0 Å². The second kappa shape index (κ2) is 4.42. The molecule has 1 unspecified atom stereocenters. The van der Waals surface area contributed by atoms with Crippen molar-refractivity contribution in [3.8, 4) is 0 Å². The lowest BCUT2D eigenvalue weighted by Gasteiger charge is -2.16. The van der Waals surface area contributed by atoms with E-state index in [2.05, 4.69) is 24.1 Å². The third-order valence-corrected chi connectivity index (χ3v) is 2.58. The number of carbonyl (C=O) groups excluding carboxylic acids is 1. The lowest BCUT2D eigenvalue weighted by atomic mass is 9.97. The zero-order chi connectivity index (χ0) is 9.84. The van der Waals surface area contributed by atoms with E-state index in [1.807, 2.05) is 6.92 Å². The molecule has 2 N–H and O–H groups in total. The molecule has 13 heavy (non-hydrogen) atoms. The van der Waals surface area contributed by atoms with Crippen LogP contribution in [0.1, 0.15) is 13.8 Å². The molecule has 3 atom stereocenters. The topological polar surface area (TPSA) is 41.1 Å². The minimum absolute atomic E-state index is 0.0697. The molecule has 0 bridgehead atoms. The Kier molecular flexibility index (Phi) is 3.48. The average Bonchev–Trinajstić information content (AvgIpc) is 2.51. The van der Waals surface area contributed by atoms with Crippen LogP contribution < -0.4 is 10.6 Å². The fourth-order valence-electron chi connectivity index (χ4n) is 1.55. The molecular weight excluding hydrogens is 164 g/mol. The zero-order valence-corrected chi connectivity index (χ0v) is 8.34. The highest BCUT2D eigenvalue weighted by molar-refractivity contribution is 5.80. The molecule has 0 aliphatic carbocycles. The molecule has 1 rings (SSSR count). The molecule has 0 spiro atoms. The number of rotatable bonds is 3. The molecule has 1 amide bonds. The fourth-order valence-corrected chi connectivity index (χ4v) is 1.55. The summed E-state index contributed by atoms with van der Waals surface area (Å²) in [5, 5.41) is 6.11. The van der Waals surface area contributed by atoms with Crippen LogP contribution in [0.2, 0.25) is 0 Å². The lowest BCUT2D eigenvalue weighted by molar-refractivity contribution is -0.125. The molecule has 74 valence electrons. The van der Waals surface area contributed by atoms with Gasteiger partial charge in [-0.2, -0.15) is 0 Å². The maximum Gasteiger partial charge on any atom is 0.225 e. The summed E-state index contributed by atoms with van der Waals surface area (Å²) in [7, 11) is 0. The Morgan fingerprint density at radius 1 is 1.69 bits per heavy atom. The third kappa shape index (κ3) is 2.56. The Bertz CT molecular complexity index is 203. The molecule has 1 aliphatic heterocycles. The van der Waals surface area contributed by atoms with E-state index in [-0.39, 0.29) is 17.9 Å². The molecule has 3 nitrogen and oxygen atoms in total. The molecule has 0 radical (unpaired) electrons. The van der Waals surface area contributed by atoms with Gasteiger partial charge in [0.1, 0.15) is 0 Å². The first-order chi connectivity index (χ1) is 6.15. The van der Waals surface area contributed by atoms with Gasteiger partial charge in [-0.25, -0.2) is 0 Å². The maximum atomic E-state index is 11.6. The van der Waals surface area contributed by atoms with Crippen molar-refractivity contribution in [2.75, 3.05) is 13.1 Å². The number of hydrogen-bond donors (Lipinski definition) is 2. The predicted molar refractivity (Wildman–Crippen MR) is 53.3 cm³/mol. The standard InChI is InChI=1S/C10H18N2O/c1-4-8(3)12-10(13)9-6-11-5-7(9)2/h4,7-9,11H,1,5-6H2,2-3H3,(H,12,13)/t7-,8?,9-/m1/s1. The zero-order valence-electron chi connectivity index (χ0n) is 8.34. The molecule has 0 saturated carbocycles. The quantitative estimate of drug-likeness (QED) is 0.625. The Labute approximate surface area is 79.6 Å². The van der Waals surface area contributed by atoms with Gasteiger partial charge in [-0.05, 0) is 19.4 Å². The van der Waals surface area contributed by atoms with Gasteiger partial charge in [0.25, 0.3) is 0 Å². The predicted octanol–water partition coefficient (Wildman–Crippen LogP) is 0.533. The van der Waals surface area contributed by atoms with Crippen LogP contribution in [0.4, 0.5) is 0 Å². The van der Waals surface area contributed by atoms with Crippen LogP contribution in [0.3, 0.4) is 0 Å². The van der Waals surface area contributed by atoms with E-state index >= 15 is 0 Å². The summed E-state index contributed by atoms with van der Waals surface area (Å²) in [6, 6.07) is 0.0697. The first-order valence-corrected chi connectivity index (χ1v) is 4.78. The molecular formula is C10H18N2O. The first kappa shape index (κ1) is 10.3. The normalized spacial score (nSPS) is 29.7. The molecule has 1 saturated heterocycles. The van der Waals surface area contributed by atoms with Crippen LogP contribution >= 0.6 is 0 Å². The van der Waals surface area contributed by atoms with Gasteiger partial charge in [0.15, 0.2) is 0 Å². The van der Waals surface area contributed by atoms with Gasteiger partial charge in [0.2, 0.25) is 5.91 Å². The third-order valence-electron chi connectivity index (χ3n) is 2.58. The molecule has 0 aromatic carbocycles. The molecule has 0 aromatic heterocycles. The van der Waals surface area contributed by atoms with Gasteiger partial charge in [-0.3, -0.25) is 4.79 Å². The minimum atomic E-state index is 0.0697. The fraction of sp³-hybridized carbons (Fsp3) is 0.700. The summed E-state index contributed by atoms with van der Waals surface area (Å²) >= 11 is 0.